The zero-order valence-corrected chi connectivity index (χ0v) is 12.2. The van der Waals surface area contributed by atoms with Gasteiger partial charge in [-0.3, -0.25) is 4.31 Å². The quantitative estimate of drug-likeness (QED) is 0.794. The van der Waals surface area contributed by atoms with E-state index in [9.17, 15) is 8.42 Å². The Bertz CT molecular complexity index is 549. The molecule has 0 amide bonds. The lowest BCUT2D eigenvalue weighted by Gasteiger charge is -2.30. The molecule has 17 heavy (non-hydrogen) atoms. The molecule has 1 aromatic rings. The number of aromatic nitrogens is 1. The van der Waals surface area contributed by atoms with Gasteiger partial charge in [0.15, 0.2) is 5.15 Å². The summed E-state index contributed by atoms with van der Waals surface area (Å²) in [6.07, 6.45) is 2.30. The Hall–Kier alpha value is -0.370. The van der Waals surface area contributed by atoms with Crippen LogP contribution in [0.1, 0.15) is 12.0 Å². The van der Waals surface area contributed by atoms with Crippen molar-refractivity contribution in [3.8, 4) is 0 Å². The maximum atomic E-state index is 11.9. The summed E-state index contributed by atoms with van der Waals surface area (Å²) >= 11 is 9.32. The first-order valence-corrected chi connectivity index (χ1v) is 7.62. The Morgan fingerprint density at radius 2 is 2.29 bits per heavy atom. The lowest BCUT2D eigenvalue weighted by molar-refractivity contribution is 0.560. The number of pyridine rings is 1. The van der Waals surface area contributed by atoms with E-state index >= 15 is 0 Å². The van der Waals surface area contributed by atoms with E-state index in [1.807, 2.05) is 0 Å². The number of rotatable bonds is 1. The third kappa shape index (κ3) is 2.42. The lowest BCUT2D eigenvalue weighted by atomic mass is 10.2. The third-order valence-electron chi connectivity index (χ3n) is 2.56. The smallest absolute Gasteiger partial charge is 0.254 e. The number of halogens is 2. The molecule has 0 atom stereocenters. The maximum absolute atomic E-state index is 11.9. The molecule has 0 unspecified atom stereocenters. The summed E-state index contributed by atoms with van der Waals surface area (Å²) in [5, 5.41) is 0.193. The summed E-state index contributed by atoms with van der Waals surface area (Å²) in [4.78, 5) is 3.96. The molecule has 0 bridgehead atoms. The summed E-state index contributed by atoms with van der Waals surface area (Å²) < 4.78 is 28.3. The van der Waals surface area contributed by atoms with Crippen LogP contribution < -0.4 is 9.03 Å². The predicted molar refractivity (Wildman–Crippen MR) is 70.6 cm³/mol. The Kier molecular flexibility index (Phi) is 3.63. The first-order chi connectivity index (χ1) is 7.93. The molecule has 1 aliphatic rings. The molecule has 5 nitrogen and oxygen atoms in total. The SMILES string of the molecule is Cc1c(Br)cnc(Cl)c1N1CCCNS1(=O)=O. The van der Waals surface area contributed by atoms with Crippen molar-refractivity contribution >= 4 is 43.4 Å². The molecule has 8 heteroatoms. The van der Waals surface area contributed by atoms with Gasteiger partial charge >= 0.3 is 10.2 Å². The van der Waals surface area contributed by atoms with E-state index in [2.05, 4.69) is 25.6 Å². The highest BCUT2D eigenvalue weighted by Gasteiger charge is 2.29. The van der Waals surface area contributed by atoms with Crippen LogP contribution in [0.25, 0.3) is 0 Å². The van der Waals surface area contributed by atoms with E-state index in [-0.39, 0.29) is 5.15 Å². The number of hydrogen-bond donors (Lipinski definition) is 1. The van der Waals surface area contributed by atoms with Gasteiger partial charge in [-0.05, 0) is 34.8 Å². The van der Waals surface area contributed by atoms with Gasteiger partial charge in [-0.1, -0.05) is 11.6 Å². The van der Waals surface area contributed by atoms with E-state index in [0.29, 0.717) is 18.8 Å². The fourth-order valence-electron chi connectivity index (χ4n) is 1.68. The highest BCUT2D eigenvalue weighted by Crippen LogP contribution is 2.34. The van der Waals surface area contributed by atoms with E-state index in [0.717, 1.165) is 16.5 Å². The van der Waals surface area contributed by atoms with E-state index in [4.69, 9.17) is 11.6 Å². The molecule has 1 fully saturated rings. The summed E-state index contributed by atoms with van der Waals surface area (Å²) in [6.45, 7) is 2.67. The summed E-state index contributed by atoms with van der Waals surface area (Å²) in [5.74, 6) is 0. The predicted octanol–water partition coefficient (Wildman–Crippen LogP) is 1.85. The molecule has 2 heterocycles. The first kappa shape index (κ1) is 13.1. The summed E-state index contributed by atoms with van der Waals surface area (Å²) in [7, 11) is -3.50. The van der Waals surface area contributed by atoms with Crippen LogP contribution in [0.5, 0.6) is 0 Å². The van der Waals surface area contributed by atoms with Gasteiger partial charge in [0, 0.05) is 23.8 Å². The maximum Gasteiger partial charge on any atom is 0.301 e. The second-order valence-electron chi connectivity index (χ2n) is 3.70. The van der Waals surface area contributed by atoms with Gasteiger partial charge in [-0.15, -0.1) is 0 Å². The van der Waals surface area contributed by atoms with Crippen molar-refractivity contribution < 1.29 is 8.42 Å². The van der Waals surface area contributed by atoms with E-state index in [1.165, 1.54) is 4.31 Å². The van der Waals surface area contributed by atoms with Crippen LogP contribution in [0.3, 0.4) is 0 Å². The van der Waals surface area contributed by atoms with Crippen molar-refractivity contribution in [1.29, 1.82) is 0 Å². The van der Waals surface area contributed by atoms with Crippen molar-refractivity contribution in [2.24, 2.45) is 0 Å². The minimum absolute atomic E-state index is 0.193. The Balaban J connectivity index is 2.57. The van der Waals surface area contributed by atoms with Crippen molar-refractivity contribution in [2.45, 2.75) is 13.3 Å². The van der Waals surface area contributed by atoms with Crippen molar-refractivity contribution in [2.75, 3.05) is 17.4 Å². The molecule has 1 saturated heterocycles. The van der Waals surface area contributed by atoms with Gasteiger partial charge in [0.05, 0.1) is 5.69 Å². The zero-order chi connectivity index (χ0) is 12.6. The minimum atomic E-state index is -3.50. The Morgan fingerprint density at radius 1 is 1.59 bits per heavy atom. The highest BCUT2D eigenvalue weighted by molar-refractivity contribution is 9.10. The molecule has 94 valence electrons. The summed E-state index contributed by atoms with van der Waals surface area (Å²) in [5.41, 5.74) is 1.20. The standard InChI is InChI=1S/C9H11BrClN3O2S/c1-6-7(10)5-12-9(11)8(6)14-4-2-3-13-17(14,15)16/h5,13H,2-4H2,1H3. The monoisotopic (exact) mass is 339 g/mol. The molecule has 0 aromatic carbocycles. The molecule has 2 rings (SSSR count). The van der Waals surface area contributed by atoms with Gasteiger partial charge in [0.1, 0.15) is 0 Å². The second kappa shape index (κ2) is 4.72. The second-order valence-corrected chi connectivity index (χ2v) is 6.59. The number of hydrogen-bond acceptors (Lipinski definition) is 3. The number of anilines is 1. The normalized spacial score (nSPS) is 19.4. The number of nitrogens with one attached hydrogen (secondary N) is 1. The van der Waals surface area contributed by atoms with Crippen LogP contribution in [-0.4, -0.2) is 26.5 Å². The third-order valence-corrected chi connectivity index (χ3v) is 5.15. The van der Waals surface area contributed by atoms with Gasteiger partial charge in [-0.2, -0.15) is 13.1 Å². The summed E-state index contributed by atoms with van der Waals surface area (Å²) in [6, 6.07) is 0. The lowest BCUT2D eigenvalue weighted by Crippen LogP contribution is -2.47. The molecular formula is C9H11BrClN3O2S. The van der Waals surface area contributed by atoms with Crippen LogP contribution in [-0.2, 0) is 10.2 Å². The average molecular weight is 341 g/mol. The van der Waals surface area contributed by atoms with E-state index in [1.54, 1.807) is 13.1 Å². The Labute approximate surface area is 113 Å². The molecule has 1 aliphatic heterocycles. The first-order valence-electron chi connectivity index (χ1n) is 5.01. The van der Waals surface area contributed by atoms with Crippen molar-refractivity contribution in [1.82, 2.24) is 9.71 Å². The van der Waals surface area contributed by atoms with Gasteiger partial charge in [-0.25, -0.2) is 4.98 Å². The number of nitrogens with zero attached hydrogens (tertiary/aromatic N) is 2. The molecule has 1 N–H and O–H groups in total. The largest absolute Gasteiger partial charge is 0.301 e. The van der Waals surface area contributed by atoms with Crippen LogP contribution in [0.4, 0.5) is 5.69 Å². The van der Waals surface area contributed by atoms with E-state index < -0.39 is 10.2 Å². The average Bonchev–Trinajstić information content (AvgIpc) is 2.26. The topological polar surface area (TPSA) is 62.3 Å². The van der Waals surface area contributed by atoms with Crippen molar-refractivity contribution in [3.05, 3.63) is 21.4 Å². The van der Waals surface area contributed by atoms with Gasteiger partial charge in [0.25, 0.3) is 0 Å². The molecule has 0 saturated carbocycles. The molecule has 0 aliphatic carbocycles. The molecular weight excluding hydrogens is 330 g/mol. The molecule has 1 aromatic heterocycles. The minimum Gasteiger partial charge on any atom is -0.254 e. The molecule has 0 radical (unpaired) electrons. The highest BCUT2D eigenvalue weighted by atomic mass is 79.9. The van der Waals surface area contributed by atoms with Crippen LogP contribution in [0, 0.1) is 6.92 Å². The van der Waals surface area contributed by atoms with Crippen LogP contribution >= 0.6 is 27.5 Å². The fourth-order valence-corrected chi connectivity index (χ4v) is 3.71. The molecule has 0 spiro atoms. The van der Waals surface area contributed by atoms with Crippen LogP contribution in [0.2, 0.25) is 5.15 Å². The Morgan fingerprint density at radius 3 is 2.94 bits per heavy atom. The fraction of sp³-hybridized carbons (Fsp3) is 0.444. The van der Waals surface area contributed by atoms with Gasteiger partial charge < -0.3 is 0 Å². The van der Waals surface area contributed by atoms with Crippen LogP contribution in [0.15, 0.2) is 10.7 Å². The van der Waals surface area contributed by atoms with Gasteiger partial charge in [0.2, 0.25) is 0 Å². The zero-order valence-electron chi connectivity index (χ0n) is 9.07. The van der Waals surface area contributed by atoms with Crippen molar-refractivity contribution in [3.63, 3.8) is 0 Å².